The van der Waals surface area contributed by atoms with Gasteiger partial charge in [-0.15, -0.1) is 0 Å². The lowest BCUT2D eigenvalue weighted by molar-refractivity contribution is -0.148. The number of nitrogens with zero attached hydrogens (tertiary/aromatic N) is 4. The van der Waals surface area contributed by atoms with E-state index in [-0.39, 0.29) is 88.8 Å². The summed E-state index contributed by atoms with van der Waals surface area (Å²) in [4.78, 5) is 107. The van der Waals surface area contributed by atoms with Crippen molar-refractivity contribution in [2.75, 3.05) is 26.2 Å². The molecule has 1 aromatic carbocycles. The number of benzene rings is 1. The van der Waals surface area contributed by atoms with Crippen molar-refractivity contribution in [2.45, 2.75) is 107 Å². The Kier molecular flexibility index (Phi) is 15.8. The van der Waals surface area contributed by atoms with Crippen LogP contribution in [0, 0.1) is 0 Å². The number of amides is 7. The van der Waals surface area contributed by atoms with Gasteiger partial charge < -0.3 is 64.8 Å². The molecule has 312 valence electrons. The highest BCUT2D eigenvalue weighted by molar-refractivity contribution is 5.98. The Balaban J connectivity index is 1.75. The average Bonchev–Trinajstić information content (AvgIpc) is 3.86. The molecule has 21 nitrogen and oxygen atoms in total. The molecule has 21 heteroatoms. The number of rotatable bonds is 13. The molecular weight excluding hydrogens is 742 g/mol. The average molecular weight is 798 g/mol. The smallest absolute Gasteiger partial charge is 0.246 e. The van der Waals surface area contributed by atoms with Crippen molar-refractivity contribution in [3.63, 3.8) is 0 Å². The van der Waals surface area contributed by atoms with E-state index in [1.807, 2.05) is 0 Å². The molecule has 0 spiro atoms. The van der Waals surface area contributed by atoms with Gasteiger partial charge in [0, 0.05) is 39.0 Å². The first-order valence-electron chi connectivity index (χ1n) is 19.1. The standard InChI is InChI=1S/C36H55N13O8/c37-28(51)14-13-23-30(53)44-22(5-1-15-42-35(38)39)29(52)46-24(6-2-16-43-36(40)41)33(56)49-18-4-8-27(49)34(57)48-17-3-7-26(48)32(55)47-25(31(54)45-23)19-20-9-11-21(50)12-10-20/h9-12,22-27,50H,1-8,13-19H2,(H2,37,51)(H,44,53)(H,45,54)(H,46,52)(H,47,55)(H4,38,39,42)(H4,40,41,43)/t22-,23-,24-,25-,26-,27-/m0/s1. The van der Waals surface area contributed by atoms with Crippen LogP contribution in [0.1, 0.15) is 69.8 Å². The first-order chi connectivity index (χ1) is 27.1. The van der Waals surface area contributed by atoms with Gasteiger partial charge in [0.25, 0.3) is 0 Å². The third-order valence-electron chi connectivity index (χ3n) is 10.1. The van der Waals surface area contributed by atoms with Gasteiger partial charge in [0.2, 0.25) is 41.4 Å². The summed E-state index contributed by atoms with van der Waals surface area (Å²) in [7, 11) is 0. The highest BCUT2D eigenvalue weighted by Gasteiger charge is 2.44. The Morgan fingerprint density at radius 1 is 0.632 bits per heavy atom. The van der Waals surface area contributed by atoms with Crippen LogP contribution in [0.15, 0.2) is 34.3 Å². The number of phenolic OH excluding ortho intramolecular Hbond substituents is 1. The molecule has 7 amide bonds. The van der Waals surface area contributed by atoms with Gasteiger partial charge in [-0.25, -0.2) is 0 Å². The quantitative estimate of drug-likeness (QED) is 0.0523. The third-order valence-corrected chi connectivity index (χ3v) is 10.1. The van der Waals surface area contributed by atoms with Gasteiger partial charge in [-0.1, -0.05) is 12.1 Å². The fourth-order valence-electron chi connectivity index (χ4n) is 7.23. The number of guanidine groups is 2. The van der Waals surface area contributed by atoms with Crippen molar-refractivity contribution in [1.82, 2.24) is 31.1 Å². The number of aromatic hydroxyl groups is 1. The molecule has 0 radical (unpaired) electrons. The number of aliphatic imine (C=N–C) groups is 2. The molecule has 0 bridgehead atoms. The van der Waals surface area contributed by atoms with Gasteiger partial charge in [0.05, 0.1) is 0 Å². The second-order valence-corrected chi connectivity index (χ2v) is 14.4. The van der Waals surface area contributed by atoms with Gasteiger partial charge in [-0.2, -0.15) is 0 Å². The molecular formula is C36H55N13O8. The number of nitrogens with two attached hydrogens (primary N) is 5. The van der Waals surface area contributed by atoms with Crippen LogP contribution in [-0.2, 0) is 40.0 Å². The molecule has 57 heavy (non-hydrogen) atoms. The SMILES string of the molecule is NC(=O)CC[C@@H]1NC(=O)[C@H](Cc2ccc(O)cc2)NC(=O)[C@@H]2CCCN2C(=O)[C@@H]2CCCN2C(=O)[C@H](CCCN=C(N)N)NC(=O)[C@H](CCCN=C(N)N)NC1=O. The Morgan fingerprint density at radius 2 is 1.11 bits per heavy atom. The fourth-order valence-corrected chi connectivity index (χ4v) is 7.23. The van der Waals surface area contributed by atoms with Crippen molar-refractivity contribution in [3.8, 4) is 5.75 Å². The number of carbonyl (C=O) groups is 7. The zero-order valence-electron chi connectivity index (χ0n) is 31.9. The summed E-state index contributed by atoms with van der Waals surface area (Å²) in [6.07, 6.45) is 1.47. The summed E-state index contributed by atoms with van der Waals surface area (Å²) in [5.41, 5.74) is 27.9. The van der Waals surface area contributed by atoms with E-state index in [9.17, 15) is 38.7 Å². The zero-order chi connectivity index (χ0) is 41.6. The van der Waals surface area contributed by atoms with Crippen LogP contribution >= 0.6 is 0 Å². The minimum absolute atomic E-state index is 0.0134. The molecule has 3 fully saturated rings. The van der Waals surface area contributed by atoms with E-state index < -0.39 is 77.6 Å². The molecule has 3 aliphatic rings. The van der Waals surface area contributed by atoms with Crippen LogP contribution in [0.5, 0.6) is 5.75 Å². The van der Waals surface area contributed by atoms with Crippen molar-refractivity contribution in [1.29, 1.82) is 0 Å². The predicted molar refractivity (Wildman–Crippen MR) is 207 cm³/mol. The third kappa shape index (κ3) is 12.7. The lowest BCUT2D eigenvalue weighted by atomic mass is 10.0. The number of hydrogen-bond acceptors (Lipinski definition) is 10. The predicted octanol–water partition coefficient (Wildman–Crippen LogP) is -3.76. The topological polar surface area (TPSA) is 349 Å². The zero-order valence-corrected chi connectivity index (χ0v) is 31.9. The molecule has 3 heterocycles. The summed E-state index contributed by atoms with van der Waals surface area (Å²) >= 11 is 0. The summed E-state index contributed by atoms with van der Waals surface area (Å²) in [5, 5.41) is 20.6. The van der Waals surface area contributed by atoms with Gasteiger partial charge in [-0.05, 0) is 75.5 Å². The molecule has 0 aromatic heterocycles. The van der Waals surface area contributed by atoms with Crippen LogP contribution in [0.25, 0.3) is 0 Å². The maximum absolute atomic E-state index is 14.3. The van der Waals surface area contributed by atoms with E-state index in [1.165, 1.54) is 21.9 Å². The number of fused-ring (bicyclic) bond motifs is 2. The number of hydrogen-bond donors (Lipinski definition) is 10. The summed E-state index contributed by atoms with van der Waals surface area (Å²) in [5.74, 6) is -5.06. The van der Waals surface area contributed by atoms with Gasteiger partial charge >= 0.3 is 0 Å². The number of nitrogens with one attached hydrogen (secondary N) is 4. The Labute approximate surface area is 329 Å². The van der Waals surface area contributed by atoms with Crippen molar-refractivity contribution >= 4 is 53.3 Å². The highest BCUT2D eigenvalue weighted by atomic mass is 16.3. The Hall–Kier alpha value is -6.15. The minimum atomic E-state index is -1.41. The molecule has 4 rings (SSSR count). The van der Waals surface area contributed by atoms with Crippen LogP contribution < -0.4 is 49.9 Å². The minimum Gasteiger partial charge on any atom is -0.508 e. The van der Waals surface area contributed by atoms with E-state index in [0.717, 1.165) is 0 Å². The lowest BCUT2D eigenvalue weighted by Gasteiger charge is -2.34. The largest absolute Gasteiger partial charge is 0.508 e. The lowest BCUT2D eigenvalue weighted by Crippen LogP contribution is -2.61. The molecule has 3 saturated heterocycles. The monoisotopic (exact) mass is 797 g/mol. The van der Waals surface area contributed by atoms with Crippen molar-refractivity contribution in [2.24, 2.45) is 38.7 Å². The maximum atomic E-state index is 14.3. The second-order valence-electron chi connectivity index (χ2n) is 14.4. The summed E-state index contributed by atoms with van der Waals surface area (Å²) in [6.45, 7) is 0.691. The van der Waals surface area contributed by atoms with E-state index in [4.69, 9.17) is 28.7 Å². The second kappa shape index (κ2) is 20.7. The summed E-state index contributed by atoms with van der Waals surface area (Å²) < 4.78 is 0. The molecule has 15 N–H and O–H groups in total. The molecule has 3 aliphatic heterocycles. The van der Waals surface area contributed by atoms with E-state index >= 15 is 0 Å². The van der Waals surface area contributed by atoms with Crippen molar-refractivity contribution in [3.05, 3.63) is 29.8 Å². The first-order valence-corrected chi connectivity index (χ1v) is 19.1. The molecule has 0 unspecified atom stereocenters. The summed E-state index contributed by atoms with van der Waals surface area (Å²) in [6, 6.07) is -1.08. The van der Waals surface area contributed by atoms with Crippen molar-refractivity contribution < 1.29 is 38.7 Å². The highest BCUT2D eigenvalue weighted by Crippen LogP contribution is 2.26. The number of primary amides is 1. The fraction of sp³-hybridized carbons (Fsp3) is 0.583. The normalized spacial score (nSPS) is 24.8. The van der Waals surface area contributed by atoms with E-state index in [0.29, 0.717) is 31.2 Å². The van der Waals surface area contributed by atoms with E-state index in [1.54, 1.807) is 12.1 Å². The van der Waals surface area contributed by atoms with E-state index in [2.05, 4.69) is 31.3 Å². The van der Waals surface area contributed by atoms with Crippen LogP contribution in [0.3, 0.4) is 0 Å². The molecule has 0 aliphatic carbocycles. The molecule has 1 aromatic rings. The molecule has 6 atom stereocenters. The Bertz CT molecular complexity index is 1700. The van der Waals surface area contributed by atoms with Gasteiger partial charge in [0.1, 0.15) is 42.0 Å². The van der Waals surface area contributed by atoms with Crippen LogP contribution in [0.2, 0.25) is 0 Å². The van der Waals surface area contributed by atoms with Crippen LogP contribution in [-0.4, -0.2) is 131 Å². The number of carbonyl (C=O) groups excluding carboxylic acids is 7. The first kappa shape index (κ1) is 43.6. The van der Waals surface area contributed by atoms with Crippen LogP contribution in [0.4, 0.5) is 0 Å². The van der Waals surface area contributed by atoms with Gasteiger partial charge in [0.15, 0.2) is 11.9 Å². The van der Waals surface area contributed by atoms with Gasteiger partial charge in [-0.3, -0.25) is 43.5 Å². The number of phenols is 1. The maximum Gasteiger partial charge on any atom is 0.246 e. The molecule has 0 saturated carbocycles. The Morgan fingerprint density at radius 3 is 1.67 bits per heavy atom.